The van der Waals surface area contributed by atoms with E-state index in [1.165, 1.54) is 18.5 Å². The van der Waals surface area contributed by atoms with Crippen LogP contribution < -0.4 is 5.73 Å². The second-order valence-electron chi connectivity index (χ2n) is 3.56. The van der Waals surface area contributed by atoms with Crippen molar-refractivity contribution in [2.45, 2.75) is 18.8 Å². The smallest absolute Gasteiger partial charge is 0.145 e. The molecule has 72 valence electrons. The second-order valence-corrected chi connectivity index (χ2v) is 4.42. The summed E-state index contributed by atoms with van der Waals surface area (Å²) < 4.78 is 0. The van der Waals surface area contributed by atoms with Crippen LogP contribution in [0.4, 0.5) is 5.82 Å². The number of rotatable bonds is 2. The molecule has 0 aromatic carbocycles. The largest absolute Gasteiger partial charge is 0.382 e. The Morgan fingerprint density at radius 1 is 1.50 bits per heavy atom. The summed E-state index contributed by atoms with van der Waals surface area (Å²) in [5, 5.41) is 9.86. The summed E-state index contributed by atoms with van der Waals surface area (Å²) in [5.41, 5.74) is 7.67. The number of nitrogen functional groups attached to an aromatic ring is 1. The average molecular weight is 206 g/mol. The number of hydrogen-bond acceptors (Lipinski definition) is 4. The molecule has 2 aromatic heterocycles. The van der Waals surface area contributed by atoms with Crippen molar-refractivity contribution in [1.82, 2.24) is 15.2 Å². The monoisotopic (exact) mass is 206 g/mol. The number of aromatic amines is 1. The van der Waals surface area contributed by atoms with Crippen molar-refractivity contribution in [3.63, 3.8) is 0 Å². The van der Waals surface area contributed by atoms with Crippen molar-refractivity contribution in [3.05, 3.63) is 17.1 Å². The highest BCUT2D eigenvalue weighted by molar-refractivity contribution is 7.13. The number of nitrogens with two attached hydrogens (primary N) is 1. The van der Waals surface area contributed by atoms with E-state index in [2.05, 4.69) is 20.6 Å². The maximum absolute atomic E-state index is 5.53. The molecule has 1 saturated carbocycles. The molecule has 3 rings (SSSR count). The van der Waals surface area contributed by atoms with Gasteiger partial charge in [0.2, 0.25) is 0 Å². The second kappa shape index (κ2) is 2.81. The molecule has 0 spiro atoms. The molecule has 2 heterocycles. The van der Waals surface area contributed by atoms with Gasteiger partial charge < -0.3 is 5.73 Å². The van der Waals surface area contributed by atoms with Gasteiger partial charge in [0.05, 0.1) is 11.4 Å². The van der Waals surface area contributed by atoms with Crippen molar-refractivity contribution in [3.8, 4) is 10.7 Å². The zero-order chi connectivity index (χ0) is 9.54. The van der Waals surface area contributed by atoms with Crippen LogP contribution in [0.3, 0.4) is 0 Å². The van der Waals surface area contributed by atoms with Gasteiger partial charge >= 0.3 is 0 Å². The fourth-order valence-corrected chi connectivity index (χ4v) is 2.29. The Morgan fingerprint density at radius 2 is 2.36 bits per heavy atom. The van der Waals surface area contributed by atoms with E-state index in [-0.39, 0.29) is 0 Å². The Morgan fingerprint density at radius 3 is 3.00 bits per heavy atom. The van der Waals surface area contributed by atoms with Crippen LogP contribution in [-0.4, -0.2) is 15.2 Å². The van der Waals surface area contributed by atoms with Gasteiger partial charge in [-0.15, -0.1) is 11.3 Å². The molecule has 0 aliphatic heterocycles. The van der Waals surface area contributed by atoms with Crippen LogP contribution >= 0.6 is 11.3 Å². The molecule has 14 heavy (non-hydrogen) atoms. The third-order valence-corrected chi connectivity index (χ3v) is 3.24. The van der Waals surface area contributed by atoms with Crippen molar-refractivity contribution in [2.24, 2.45) is 0 Å². The number of nitrogens with one attached hydrogen (secondary N) is 1. The number of nitrogens with zero attached hydrogens (tertiary/aromatic N) is 2. The van der Waals surface area contributed by atoms with E-state index in [9.17, 15) is 0 Å². The fraction of sp³-hybridized carbons (Fsp3) is 0.333. The predicted molar refractivity (Wildman–Crippen MR) is 56.1 cm³/mol. The number of hydrogen-bond donors (Lipinski definition) is 2. The summed E-state index contributed by atoms with van der Waals surface area (Å²) in [4.78, 5) is 4.55. The lowest BCUT2D eigenvalue weighted by atomic mass is 10.3. The minimum atomic E-state index is 0.517. The van der Waals surface area contributed by atoms with Crippen molar-refractivity contribution >= 4 is 17.2 Å². The summed E-state index contributed by atoms with van der Waals surface area (Å²) in [5.74, 6) is 1.23. The van der Waals surface area contributed by atoms with Crippen molar-refractivity contribution < 1.29 is 0 Å². The Labute approximate surface area is 85.2 Å². The average Bonchev–Trinajstić information content (AvgIpc) is 2.76. The van der Waals surface area contributed by atoms with Crippen LogP contribution in [0.2, 0.25) is 0 Å². The SMILES string of the molecule is Nc1cc(-c2nc(C3CC3)cs2)[nH]n1. The van der Waals surface area contributed by atoms with Crippen LogP contribution in [0.25, 0.3) is 10.7 Å². The molecule has 1 aliphatic carbocycles. The Kier molecular flexibility index (Phi) is 1.61. The standard InChI is InChI=1S/C9H10N4S/c10-8-3-6(12-13-8)9-11-7(4-14-9)5-1-2-5/h3-5H,1-2H2,(H3,10,12,13). The first-order valence-corrected chi connectivity index (χ1v) is 5.47. The summed E-state index contributed by atoms with van der Waals surface area (Å²) in [6.45, 7) is 0. The molecule has 0 radical (unpaired) electrons. The zero-order valence-electron chi connectivity index (χ0n) is 7.53. The summed E-state index contributed by atoms with van der Waals surface area (Å²) >= 11 is 1.65. The molecular formula is C9H10N4S. The van der Waals surface area contributed by atoms with E-state index in [0.717, 1.165) is 10.7 Å². The van der Waals surface area contributed by atoms with Crippen LogP contribution in [0.1, 0.15) is 24.5 Å². The van der Waals surface area contributed by atoms with Gasteiger partial charge in [-0.3, -0.25) is 5.10 Å². The topological polar surface area (TPSA) is 67.6 Å². The van der Waals surface area contributed by atoms with Gasteiger partial charge in [0.1, 0.15) is 10.8 Å². The van der Waals surface area contributed by atoms with Gasteiger partial charge in [-0.25, -0.2) is 4.98 Å². The minimum absolute atomic E-state index is 0.517. The number of aromatic nitrogens is 3. The quantitative estimate of drug-likeness (QED) is 0.789. The molecule has 0 amide bonds. The van der Waals surface area contributed by atoms with Gasteiger partial charge in [-0.05, 0) is 12.8 Å². The number of anilines is 1. The third-order valence-electron chi connectivity index (χ3n) is 2.35. The highest BCUT2D eigenvalue weighted by Crippen LogP contribution is 2.41. The van der Waals surface area contributed by atoms with Gasteiger partial charge in [0.15, 0.2) is 0 Å². The fourth-order valence-electron chi connectivity index (χ4n) is 1.42. The lowest BCUT2D eigenvalue weighted by Gasteiger charge is -1.87. The molecule has 4 nitrogen and oxygen atoms in total. The van der Waals surface area contributed by atoms with Gasteiger partial charge in [-0.2, -0.15) is 5.10 Å². The highest BCUT2D eigenvalue weighted by atomic mass is 32.1. The lowest BCUT2D eigenvalue weighted by Crippen LogP contribution is -1.81. The molecule has 5 heteroatoms. The van der Waals surface area contributed by atoms with Crippen LogP contribution in [-0.2, 0) is 0 Å². The Balaban J connectivity index is 1.95. The maximum Gasteiger partial charge on any atom is 0.145 e. The summed E-state index contributed by atoms with van der Waals surface area (Å²) in [6.07, 6.45) is 2.57. The molecule has 0 bridgehead atoms. The molecule has 0 unspecified atom stereocenters. The Bertz CT molecular complexity index is 455. The van der Waals surface area contributed by atoms with E-state index >= 15 is 0 Å². The van der Waals surface area contributed by atoms with E-state index in [0.29, 0.717) is 11.7 Å². The maximum atomic E-state index is 5.53. The minimum Gasteiger partial charge on any atom is -0.382 e. The van der Waals surface area contributed by atoms with Gasteiger partial charge in [0, 0.05) is 17.4 Å². The normalized spacial score (nSPS) is 16.0. The van der Waals surface area contributed by atoms with E-state index in [1.54, 1.807) is 11.3 Å². The number of H-pyrrole nitrogens is 1. The summed E-state index contributed by atoms with van der Waals surface area (Å²) in [7, 11) is 0. The highest BCUT2D eigenvalue weighted by Gasteiger charge is 2.26. The molecule has 3 N–H and O–H groups in total. The first-order valence-electron chi connectivity index (χ1n) is 4.59. The molecule has 2 aromatic rings. The first-order chi connectivity index (χ1) is 6.83. The molecular weight excluding hydrogens is 196 g/mol. The summed E-state index contributed by atoms with van der Waals surface area (Å²) in [6, 6.07) is 1.81. The molecule has 0 saturated heterocycles. The molecule has 1 aliphatic rings. The van der Waals surface area contributed by atoms with E-state index in [4.69, 9.17) is 5.73 Å². The van der Waals surface area contributed by atoms with Crippen molar-refractivity contribution in [1.29, 1.82) is 0 Å². The zero-order valence-corrected chi connectivity index (χ0v) is 8.34. The Hall–Kier alpha value is -1.36. The molecule has 0 atom stereocenters. The molecule has 1 fully saturated rings. The van der Waals surface area contributed by atoms with E-state index < -0.39 is 0 Å². The van der Waals surface area contributed by atoms with E-state index in [1.807, 2.05) is 6.07 Å². The van der Waals surface area contributed by atoms with Crippen LogP contribution in [0.5, 0.6) is 0 Å². The van der Waals surface area contributed by atoms with Crippen molar-refractivity contribution in [2.75, 3.05) is 5.73 Å². The predicted octanol–water partition coefficient (Wildman–Crippen LogP) is 1.99. The van der Waals surface area contributed by atoms with Crippen LogP contribution in [0, 0.1) is 0 Å². The third kappa shape index (κ3) is 1.29. The van der Waals surface area contributed by atoms with Crippen LogP contribution in [0.15, 0.2) is 11.4 Å². The van der Waals surface area contributed by atoms with Gasteiger partial charge in [-0.1, -0.05) is 0 Å². The first kappa shape index (κ1) is 7.99. The number of thiazole rings is 1. The lowest BCUT2D eigenvalue weighted by molar-refractivity contribution is 1.04. The van der Waals surface area contributed by atoms with Gasteiger partial charge in [0.25, 0.3) is 0 Å².